The predicted molar refractivity (Wildman–Crippen MR) is 67.9 cm³/mol. The Bertz CT molecular complexity index is 593. The minimum Gasteiger partial charge on any atom is -0.461 e. The third kappa shape index (κ3) is 1.93. The van der Waals surface area contributed by atoms with E-state index in [9.17, 15) is 9.59 Å². The van der Waals surface area contributed by atoms with Gasteiger partial charge in [0.15, 0.2) is 5.78 Å². The first-order chi connectivity index (χ1) is 9.02. The summed E-state index contributed by atoms with van der Waals surface area (Å²) in [6.07, 6.45) is 1.15. The van der Waals surface area contributed by atoms with E-state index < -0.39 is 11.9 Å². The Kier molecular flexibility index (Phi) is 3.43. The molecule has 1 aliphatic carbocycles. The van der Waals surface area contributed by atoms with Crippen LogP contribution in [-0.4, -0.2) is 22.9 Å². The second kappa shape index (κ2) is 4.88. The number of nitriles is 1. The van der Waals surface area contributed by atoms with Crippen molar-refractivity contribution in [3.63, 3.8) is 0 Å². The molecule has 5 heteroatoms. The molecule has 1 aromatic heterocycles. The summed E-state index contributed by atoms with van der Waals surface area (Å²) in [5.41, 5.74) is 2.40. The molecule has 0 saturated heterocycles. The molecular weight excluding hydrogens is 244 g/mol. The lowest BCUT2D eigenvalue weighted by Gasteiger charge is -2.16. The number of esters is 1. The van der Waals surface area contributed by atoms with Crippen LogP contribution in [0, 0.1) is 24.2 Å². The van der Waals surface area contributed by atoms with Gasteiger partial charge in [0.1, 0.15) is 11.6 Å². The van der Waals surface area contributed by atoms with E-state index in [-0.39, 0.29) is 5.78 Å². The molecule has 5 nitrogen and oxygen atoms in total. The molecular formula is C14H16N2O3. The Hall–Kier alpha value is -2.09. The fourth-order valence-electron chi connectivity index (χ4n) is 2.71. The molecule has 1 heterocycles. The average molecular weight is 260 g/mol. The second-order valence-electron chi connectivity index (χ2n) is 4.66. The maximum Gasteiger partial charge on any atom is 0.355 e. The Balaban J connectivity index is 2.56. The molecule has 0 N–H and O–H groups in total. The highest BCUT2D eigenvalue weighted by Gasteiger charge is 2.34. The number of rotatable bonds is 2. The van der Waals surface area contributed by atoms with Crippen molar-refractivity contribution in [2.75, 3.05) is 6.61 Å². The van der Waals surface area contributed by atoms with Gasteiger partial charge in [-0.3, -0.25) is 4.79 Å². The van der Waals surface area contributed by atoms with Gasteiger partial charge in [-0.25, -0.2) is 4.79 Å². The van der Waals surface area contributed by atoms with Gasteiger partial charge in [-0.2, -0.15) is 5.26 Å². The van der Waals surface area contributed by atoms with Crippen molar-refractivity contribution in [2.24, 2.45) is 13.0 Å². The molecule has 0 radical (unpaired) electrons. The molecule has 0 unspecified atom stereocenters. The van der Waals surface area contributed by atoms with Gasteiger partial charge in [0.25, 0.3) is 0 Å². The quantitative estimate of drug-likeness (QED) is 0.760. The summed E-state index contributed by atoms with van der Waals surface area (Å²) in [6.45, 7) is 3.78. The number of aromatic nitrogens is 1. The number of fused-ring (bicyclic) bond motifs is 1. The highest BCUT2D eigenvalue weighted by molar-refractivity contribution is 6.05. The molecule has 0 aliphatic heterocycles. The summed E-state index contributed by atoms with van der Waals surface area (Å²) >= 11 is 0. The fraction of sp³-hybridized carbons (Fsp3) is 0.500. The number of carbonyl (C=O) groups excluding carboxylic acids is 2. The largest absolute Gasteiger partial charge is 0.461 e. The van der Waals surface area contributed by atoms with E-state index in [1.54, 1.807) is 25.5 Å². The van der Waals surface area contributed by atoms with E-state index in [4.69, 9.17) is 10.00 Å². The van der Waals surface area contributed by atoms with Gasteiger partial charge < -0.3 is 9.30 Å². The van der Waals surface area contributed by atoms with Crippen LogP contribution in [0.5, 0.6) is 0 Å². The Labute approximate surface area is 111 Å². The lowest BCUT2D eigenvalue weighted by atomic mass is 9.85. The summed E-state index contributed by atoms with van der Waals surface area (Å²) in [5.74, 6) is -1.19. The third-order valence-electron chi connectivity index (χ3n) is 3.62. The first kappa shape index (κ1) is 13.3. The van der Waals surface area contributed by atoms with Gasteiger partial charge >= 0.3 is 5.97 Å². The molecule has 0 saturated carbocycles. The van der Waals surface area contributed by atoms with Crippen LogP contribution in [0.2, 0.25) is 0 Å². The van der Waals surface area contributed by atoms with Crippen LogP contribution >= 0.6 is 0 Å². The monoisotopic (exact) mass is 260 g/mol. The van der Waals surface area contributed by atoms with Crippen molar-refractivity contribution in [2.45, 2.75) is 26.7 Å². The molecule has 1 aliphatic rings. The second-order valence-corrected chi connectivity index (χ2v) is 4.66. The zero-order valence-electron chi connectivity index (χ0n) is 11.3. The van der Waals surface area contributed by atoms with Crippen LogP contribution in [0.25, 0.3) is 0 Å². The van der Waals surface area contributed by atoms with E-state index >= 15 is 0 Å². The molecule has 1 atom stereocenters. The van der Waals surface area contributed by atoms with Gasteiger partial charge in [-0.1, -0.05) is 0 Å². The topological polar surface area (TPSA) is 72.1 Å². The lowest BCUT2D eigenvalue weighted by molar-refractivity contribution is 0.0514. The zero-order valence-corrected chi connectivity index (χ0v) is 11.3. The highest BCUT2D eigenvalue weighted by Crippen LogP contribution is 2.31. The van der Waals surface area contributed by atoms with E-state index in [1.165, 1.54) is 0 Å². The molecule has 0 amide bonds. The van der Waals surface area contributed by atoms with E-state index in [2.05, 4.69) is 0 Å². The SMILES string of the molecule is CCOC(=O)c1c(C)c2c(n1C)CC[C@H](C#N)C2=O. The summed E-state index contributed by atoms with van der Waals surface area (Å²) in [5, 5.41) is 8.98. The molecule has 0 aromatic carbocycles. The van der Waals surface area contributed by atoms with Crippen LogP contribution < -0.4 is 0 Å². The number of nitrogens with zero attached hydrogens (tertiary/aromatic N) is 2. The smallest absolute Gasteiger partial charge is 0.355 e. The van der Waals surface area contributed by atoms with Crippen LogP contribution in [0.15, 0.2) is 0 Å². The maximum absolute atomic E-state index is 12.2. The molecule has 0 spiro atoms. The van der Waals surface area contributed by atoms with Crippen molar-refractivity contribution in [3.8, 4) is 6.07 Å². The standard InChI is InChI=1S/C14H16N2O3/c1-4-19-14(18)12-8(2)11-10(16(12)3)6-5-9(7-15)13(11)17/h9H,4-6H2,1-3H3/t9-/m1/s1. The van der Waals surface area contributed by atoms with E-state index in [0.717, 1.165) is 5.69 Å². The Morgan fingerprint density at radius 1 is 1.58 bits per heavy atom. The van der Waals surface area contributed by atoms with E-state index in [1.807, 2.05) is 6.07 Å². The van der Waals surface area contributed by atoms with Crippen molar-refractivity contribution in [3.05, 3.63) is 22.5 Å². The fourth-order valence-corrected chi connectivity index (χ4v) is 2.71. The van der Waals surface area contributed by atoms with Crippen molar-refractivity contribution < 1.29 is 14.3 Å². The third-order valence-corrected chi connectivity index (χ3v) is 3.62. The number of hydrogen-bond donors (Lipinski definition) is 0. The Morgan fingerprint density at radius 2 is 2.26 bits per heavy atom. The van der Waals surface area contributed by atoms with Crippen molar-refractivity contribution >= 4 is 11.8 Å². The predicted octanol–water partition coefficient (Wildman–Crippen LogP) is 1.78. The van der Waals surface area contributed by atoms with Gasteiger partial charge in [0, 0.05) is 18.3 Å². The number of hydrogen-bond acceptors (Lipinski definition) is 4. The summed E-state index contributed by atoms with van der Waals surface area (Å²) in [7, 11) is 1.76. The lowest BCUT2D eigenvalue weighted by Crippen LogP contribution is -2.22. The average Bonchev–Trinajstić information content (AvgIpc) is 2.63. The highest BCUT2D eigenvalue weighted by atomic mass is 16.5. The van der Waals surface area contributed by atoms with Gasteiger partial charge in [-0.05, 0) is 32.3 Å². The van der Waals surface area contributed by atoms with Gasteiger partial charge in [-0.15, -0.1) is 0 Å². The Morgan fingerprint density at radius 3 is 2.84 bits per heavy atom. The molecule has 0 bridgehead atoms. The minimum atomic E-state index is -0.594. The van der Waals surface area contributed by atoms with Crippen LogP contribution in [0.1, 0.15) is 45.4 Å². The van der Waals surface area contributed by atoms with Crippen molar-refractivity contribution in [1.82, 2.24) is 4.57 Å². The maximum atomic E-state index is 12.2. The van der Waals surface area contributed by atoms with E-state index in [0.29, 0.717) is 36.3 Å². The van der Waals surface area contributed by atoms with Crippen LogP contribution in [0.4, 0.5) is 0 Å². The van der Waals surface area contributed by atoms with Crippen molar-refractivity contribution in [1.29, 1.82) is 5.26 Å². The number of carbonyl (C=O) groups is 2. The summed E-state index contributed by atoms with van der Waals surface area (Å²) in [4.78, 5) is 24.2. The number of Topliss-reactive ketones (excluding diaryl/α,β-unsaturated/α-hetero) is 1. The molecule has 0 fully saturated rings. The molecule has 19 heavy (non-hydrogen) atoms. The zero-order chi connectivity index (χ0) is 14.2. The van der Waals surface area contributed by atoms with Crippen LogP contribution in [-0.2, 0) is 18.2 Å². The first-order valence-electron chi connectivity index (χ1n) is 6.32. The van der Waals surface area contributed by atoms with Gasteiger partial charge in [0.2, 0.25) is 0 Å². The number of ketones is 1. The first-order valence-corrected chi connectivity index (χ1v) is 6.32. The molecule has 100 valence electrons. The summed E-state index contributed by atoms with van der Waals surface area (Å²) < 4.78 is 6.75. The summed E-state index contributed by atoms with van der Waals surface area (Å²) in [6, 6.07) is 2.03. The normalized spacial score (nSPS) is 17.8. The number of ether oxygens (including phenoxy) is 1. The minimum absolute atomic E-state index is 0.174. The molecule has 1 aromatic rings. The van der Waals surface area contributed by atoms with Crippen LogP contribution in [0.3, 0.4) is 0 Å². The van der Waals surface area contributed by atoms with Gasteiger partial charge in [0.05, 0.1) is 12.7 Å². The molecule has 2 rings (SSSR count).